The van der Waals surface area contributed by atoms with E-state index in [9.17, 15) is 14.7 Å². The molecule has 0 unspecified atom stereocenters. The third-order valence-electron chi connectivity index (χ3n) is 6.86. The fraction of sp³-hybridized carbons (Fsp3) is 0.594. The lowest BCUT2D eigenvalue weighted by Crippen LogP contribution is -2.38. The van der Waals surface area contributed by atoms with Crippen molar-refractivity contribution in [2.24, 2.45) is 4.99 Å². The average Bonchev–Trinajstić information content (AvgIpc) is 2.99. The monoisotopic (exact) mass is 602 g/mol. The maximum atomic E-state index is 13.6. The Labute approximate surface area is 254 Å². The van der Waals surface area contributed by atoms with Gasteiger partial charge in [-0.3, -0.25) is 9.79 Å². The van der Waals surface area contributed by atoms with Gasteiger partial charge >= 0.3 is 5.97 Å². The van der Waals surface area contributed by atoms with Crippen molar-refractivity contribution in [3.63, 3.8) is 0 Å². The van der Waals surface area contributed by atoms with E-state index in [1.165, 1.54) is 0 Å². The van der Waals surface area contributed by atoms with Gasteiger partial charge in [0.1, 0.15) is 36.5 Å². The van der Waals surface area contributed by atoms with Crippen LogP contribution in [0.3, 0.4) is 0 Å². The molecule has 11 heteroatoms. The number of aliphatic imine (C=N–C) groups is 1. The minimum Gasteiger partial charge on any atom is -0.467 e. The largest absolute Gasteiger partial charge is 0.467 e. The molecule has 0 radical (unpaired) electrons. The first-order chi connectivity index (χ1) is 20.9. The molecule has 2 heterocycles. The Kier molecular flexibility index (Phi) is 15.2. The Morgan fingerprint density at radius 3 is 2.51 bits per heavy atom. The number of fused-ring (bicyclic) bond motifs is 1. The molecule has 1 N–H and O–H groups in total. The van der Waals surface area contributed by atoms with Crippen molar-refractivity contribution in [2.45, 2.75) is 71.5 Å². The Morgan fingerprint density at radius 2 is 1.77 bits per heavy atom. The van der Waals surface area contributed by atoms with E-state index in [0.717, 1.165) is 32.4 Å². The van der Waals surface area contributed by atoms with Crippen LogP contribution in [0.5, 0.6) is 11.5 Å². The summed E-state index contributed by atoms with van der Waals surface area (Å²) in [4.78, 5) is 32.5. The number of aliphatic hydroxyl groups is 1. The summed E-state index contributed by atoms with van der Waals surface area (Å²) in [5.41, 5.74) is 1.36. The third kappa shape index (κ3) is 12.1. The molecule has 2 atom stereocenters. The van der Waals surface area contributed by atoms with Gasteiger partial charge in [-0.1, -0.05) is 18.2 Å². The van der Waals surface area contributed by atoms with Gasteiger partial charge in [0.25, 0.3) is 0 Å². The number of cyclic esters (lactones) is 1. The van der Waals surface area contributed by atoms with Crippen LogP contribution in [0.15, 0.2) is 41.4 Å². The van der Waals surface area contributed by atoms with Gasteiger partial charge in [-0.05, 0) is 64.2 Å². The van der Waals surface area contributed by atoms with Crippen molar-refractivity contribution in [2.75, 3.05) is 53.2 Å². The summed E-state index contributed by atoms with van der Waals surface area (Å²) in [5.74, 6) is 0.0685. The highest BCUT2D eigenvalue weighted by atomic mass is 16.7. The minimum atomic E-state index is -0.703. The molecule has 43 heavy (non-hydrogen) atoms. The van der Waals surface area contributed by atoms with E-state index in [1.54, 1.807) is 37.3 Å². The van der Waals surface area contributed by atoms with Crippen LogP contribution in [0.25, 0.3) is 0 Å². The van der Waals surface area contributed by atoms with Crippen LogP contribution < -0.4 is 9.47 Å². The average molecular weight is 603 g/mol. The maximum Gasteiger partial charge on any atom is 0.342 e. The second-order valence-electron chi connectivity index (χ2n) is 10.3. The second kappa shape index (κ2) is 19.1. The van der Waals surface area contributed by atoms with Crippen LogP contribution in [0.4, 0.5) is 0 Å². The molecular formula is C32H46N2O9. The van der Waals surface area contributed by atoms with E-state index < -0.39 is 18.2 Å². The normalized spacial score (nSPS) is 22.3. The predicted octanol–water partition coefficient (Wildman–Crippen LogP) is 4.21. The van der Waals surface area contributed by atoms with Gasteiger partial charge in [-0.2, -0.15) is 0 Å². The topological polar surface area (TPSA) is 125 Å². The minimum absolute atomic E-state index is 0.0195. The number of hydrogen-bond acceptors (Lipinski definition) is 10. The molecule has 0 spiro atoms. The predicted molar refractivity (Wildman–Crippen MR) is 161 cm³/mol. The standard InChI is InChI=1S/C32H46N2O9/c1-4-38-22-41-28-18-25-17-26(33-21-40-20-30(36)34-15-7-6-8-16-34)12-10-14-27(35)13-9-11-24(3)43-32(37)31(25)29(19-28)42-23-39-5-2/h9-10,12-13,18-19,24,27,35H,4-8,11,14-17,20-23H2,1-3H3/b12-10+,13-9+,33-26-/t24-,27-/m1/s1. The SMILES string of the molecule is CCOCOc1cc2c(c(OCOCC)c1)C(=O)O[C@H](C)C/C=C/[C@@H](O)C/C=C/C(=N/COCC(=O)N1CCCCC1)C2. The van der Waals surface area contributed by atoms with Crippen LogP contribution >= 0.6 is 0 Å². The molecule has 238 valence electrons. The summed E-state index contributed by atoms with van der Waals surface area (Å²) in [6.45, 7) is 7.76. The highest BCUT2D eigenvalue weighted by Gasteiger charge is 2.24. The number of ether oxygens (including phenoxy) is 6. The van der Waals surface area contributed by atoms with Gasteiger partial charge in [-0.15, -0.1) is 0 Å². The molecule has 11 nitrogen and oxygen atoms in total. The van der Waals surface area contributed by atoms with Crippen LogP contribution in [-0.2, 0) is 30.2 Å². The summed E-state index contributed by atoms with van der Waals surface area (Å²) in [5, 5.41) is 10.4. The second-order valence-corrected chi connectivity index (χ2v) is 10.3. The number of rotatable bonds is 12. The molecule has 0 bridgehead atoms. The van der Waals surface area contributed by atoms with Gasteiger partial charge in [-0.25, -0.2) is 4.79 Å². The number of carbonyl (C=O) groups excluding carboxylic acids is 2. The fourth-order valence-corrected chi connectivity index (χ4v) is 4.59. The van der Waals surface area contributed by atoms with Crippen LogP contribution in [-0.4, -0.2) is 93.0 Å². The molecule has 1 aromatic rings. The molecule has 2 aliphatic rings. The van der Waals surface area contributed by atoms with Crippen molar-refractivity contribution in [1.29, 1.82) is 0 Å². The van der Waals surface area contributed by atoms with E-state index in [2.05, 4.69) is 4.99 Å². The van der Waals surface area contributed by atoms with Crippen molar-refractivity contribution >= 4 is 17.6 Å². The lowest BCUT2D eigenvalue weighted by Gasteiger charge is -2.26. The number of allylic oxidation sites excluding steroid dienone is 1. The zero-order valence-electron chi connectivity index (χ0n) is 25.6. The van der Waals surface area contributed by atoms with Gasteiger partial charge < -0.3 is 38.4 Å². The molecule has 1 amide bonds. The zero-order chi connectivity index (χ0) is 30.9. The number of nitrogens with zero attached hydrogens (tertiary/aromatic N) is 2. The molecule has 0 aromatic heterocycles. The Morgan fingerprint density at radius 1 is 1.02 bits per heavy atom. The number of benzene rings is 1. The van der Waals surface area contributed by atoms with E-state index in [-0.39, 0.29) is 50.6 Å². The zero-order valence-corrected chi connectivity index (χ0v) is 25.6. The third-order valence-corrected chi connectivity index (χ3v) is 6.86. The molecule has 0 aliphatic carbocycles. The lowest BCUT2D eigenvalue weighted by atomic mass is 9.99. The van der Waals surface area contributed by atoms with Crippen LogP contribution in [0.2, 0.25) is 0 Å². The smallest absolute Gasteiger partial charge is 0.342 e. The van der Waals surface area contributed by atoms with Gasteiger partial charge in [0.05, 0.1) is 6.10 Å². The van der Waals surface area contributed by atoms with Crippen molar-refractivity contribution in [1.82, 2.24) is 4.90 Å². The number of esters is 1. The Bertz CT molecular complexity index is 1110. The molecule has 3 rings (SSSR count). The van der Waals surface area contributed by atoms with E-state index in [0.29, 0.717) is 43.1 Å². The van der Waals surface area contributed by atoms with E-state index >= 15 is 0 Å². The molecular weight excluding hydrogens is 556 g/mol. The van der Waals surface area contributed by atoms with Gasteiger partial charge in [0.2, 0.25) is 5.91 Å². The van der Waals surface area contributed by atoms with Crippen LogP contribution in [0.1, 0.15) is 68.8 Å². The first-order valence-corrected chi connectivity index (χ1v) is 15.1. The van der Waals surface area contributed by atoms with Crippen molar-refractivity contribution < 1.29 is 43.1 Å². The van der Waals surface area contributed by atoms with E-state index in [1.807, 2.05) is 24.8 Å². The highest BCUT2D eigenvalue weighted by molar-refractivity contribution is 6.01. The van der Waals surface area contributed by atoms with Crippen molar-refractivity contribution in [3.8, 4) is 11.5 Å². The number of amides is 1. The molecule has 1 aromatic carbocycles. The first kappa shape index (κ1) is 34.2. The summed E-state index contributed by atoms with van der Waals surface area (Å²) in [6.07, 6.45) is 10.1. The molecule has 1 fully saturated rings. The molecule has 2 aliphatic heterocycles. The van der Waals surface area contributed by atoms with E-state index in [4.69, 9.17) is 28.4 Å². The maximum absolute atomic E-state index is 13.6. The van der Waals surface area contributed by atoms with Gasteiger partial charge in [0.15, 0.2) is 13.6 Å². The van der Waals surface area contributed by atoms with Crippen molar-refractivity contribution in [3.05, 3.63) is 47.6 Å². The Balaban J connectivity index is 1.93. The first-order valence-electron chi connectivity index (χ1n) is 15.1. The van der Waals surface area contributed by atoms with Crippen LogP contribution in [0, 0.1) is 0 Å². The highest BCUT2D eigenvalue weighted by Crippen LogP contribution is 2.32. The summed E-state index contributed by atoms with van der Waals surface area (Å²) >= 11 is 0. The quantitative estimate of drug-likeness (QED) is 0.162. The summed E-state index contributed by atoms with van der Waals surface area (Å²) < 4.78 is 33.8. The van der Waals surface area contributed by atoms with Gasteiger partial charge in [0, 0.05) is 50.9 Å². The molecule has 1 saturated heterocycles. The summed E-state index contributed by atoms with van der Waals surface area (Å²) in [6, 6.07) is 3.35. The number of piperidine rings is 1. The summed E-state index contributed by atoms with van der Waals surface area (Å²) in [7, 11) is 0. The number of hydrogen-bond donors (Lipinski definition) is 1. The molecule has 0 saturated carbocycles. The number of aliphatic hydroxyl groups excluding tert-OH is 1. The Hall–Kier alpha value is -3.25. The lowest BCUT2D eigenvalue weighted by molar-refractivity contribution is -0.136. The fourth-order valence-electron chi connectivity index (χ4n) is 4.59. The number of carbonyl (C=O) groups is 2. The number of likely N-dealkylation sites (tertiary alicyclic amines) is 1.